The fraction of sp³-hybridized carbons (Fsp3) is 0.100. The Kier molecular flexibility index (Phi) is 3.65. The van der Waals surface area contributed by atoms with Gasteiger partial charge in [-0.15, -0.1) is 0 Å². The molecule has 0 aromatic heterocycles. The molecule has 1 rings (SSSR count). The lowest BCUT2D eigenvalue weighted by Crippen LogP contribution is -1.90. The van der Waals surface area contributed by atoms with Crippen molar-refractivity contribution < 1.29 is 14.3 Å². The van der Waals surface area contributed by atoms with Gasteiger partial charge in [-0.3, -0.25) is 4.79 Å². The van der Waals surface area contributed by atoms with Crippen LogP contribution >= 0.6 is 11.6 Å². The summed E-state index contributed by atoms with van der Waals surface area (Å²) in [7, 11) is 0. The van der Waals surface area contributed by atoms with E-state index < -0.39 is 11.8 Å². The topological polar surface area (TPSA) is 37.3 Å². The van der Waals surface area contributed by atoms with Crippen LogP contribution in [-0.4, -0.2) is 11.1 Å². The van der Waals surface area contributed by atoms with Crippen molar-refractivity contribution in [3.8, 4) is 0 Å². The van der Waals surface area contributed by atoms with Crippen molar-refractivity contribution in [2.24, 2.45) is 0 Å². The molecule has 0 atom stereocenters. The molecule has 0 amide bonds. The highest BCUT2D eigenvalue weighted by Crippen LogP contribution is 2.16. The Morgan fingerprint density at radius 2 is 2.29 bits per heavy atom. The van der Waals surface area contributed by atoms with Crippen molar-refractivity contribution >= 4 is 23.6 Å². The van der Waals surface area contributed by atoms with E-state index in [1.165, 1.54) is 30.4 Å². The molecule has 4 heteroatoms. The molecule has 0 saturated heterocycles. The third-order valence-corrected chi connectivity index (χ3v) is 1.78. The van der Waals surface area contributed by atoms with E-state index in [9.17, 15) is 9.18 Å². The van der Waals surface area contributed by atoms with E-state index in [2.05, 4.69) is 0 Å². The molecule has 0 fully saturated rings. The molecule has 1 N–H and O–H groups in total. The van der Waals surface area contributed by atoms with Crippen molar-refractivity contribution in [2.45, 2.75) is 6.42 Å². The molecule has 0 radical (unpaired) electrons. The van der Waals surface area contributed by atoms with E-state index in [0.29, 0.717) is 10.6 Å². The number of benzene rings is 1. The number of carboxylic acid groups (broad SMARTS) is 1. The van der Waals surface area contributed by atoms with E-state index in [0.717, 1.165) is 0 Å². The molecule has 0 heterocycles. The van der Waals surface area contributed by atoms with Gasteiger partial charge in [-0.05, 0) is 18.2 Å². The van der Waals surface area contributed by atoms with E-state index in [4.69, 9.17) is 16.7 Å². The predicted octanol–water partition coefficient (Wildman–Crippen LogP) is 2.97. The van der Waals surface area contributed by atoms with Crippen LogP contribution in [0.15, 0.2) is 24.3 Å². The minimum atomic E-state index is -0.955. The SMILES string of the molecule is O=C(O)CC=Cc1cc(Cl)ccc1F. The van der Waals surface area contributed by atoms with E-state index in [1.54, 1.807) is 0 Å². The maximum Gasteiger partial charge on any atom is 0.307 e. The monoisotopic (exact) mass is 214 g/mol. The first-order chi connectivity index (χ1) is 6.59. The number of carbonyl (C=O) groups is 1. The van der Waals surface area contributed by atoms with Crippen molar-refractivity contribution in [3.63, 3.8) is 0 Å². The molecule has 0 aliphatic rings. The summed E-state index contributed by atoms with van der Waals surface area (Å²) in [6, 6.07) is 4.11. The minimum Gasteiger partial charge on any atom is -0.481 e. The van der Waals surface area contributed by atoms with Crippen LogP contribution in [0.3, 0.4) is 0 Å². The lowest BCUT2D eigenvalue weighted by Gasteiger charge is -1.96. The Balaban J connectivity index is 2.80. The van der Waals surface area contributed by atoms with Crippen LogP contribution in [0, 0.1) is 5.82 Å². The van der Waals surface area contributed by atoms with Gasteiger partial charge in [-0.25, -0.2) is 4.39 Å². The molecule has 0 bridgehead atoms. The van der Waals surface area contributed by atoms with Crippen molar-refractivity contribution in [1.82, 2.24) is 0 Å². The number of aliphatic carboxylic acids is 1. The Morgan fingerprint density at radius 1 is 1.57 bits per heavy atom. The summed E-state index contributed by atoms with van der Waals surface area (Å²) in [6.07, 6.45) is 2.64. The van der Waals surface area contributed by atoms with Gasteiger partial charge in [0.2, 0.25) is 0 Å². The maximum absolute atomic E-state index is 13.0. The standard InChI is InChI=1S/C10H8ClFO2/c11-8-4-5-9(12)7(6-8)2-1-3-10(13)14/h1-2,4-6H,3H2,(H,13,14). The van der Waals surface area contributed by atoms with E-state index >= 15 is 0 Å². The molecule has 0 aliphatic heterocycles. The van der Waals surface area contributed by atoms with Crippen LogP contribution in [0.5, 0.6) is 0 Å². The van der Waals surface area contributed by atoms with Crippen LogP contribution in [0.4, 0.5) is 4.39 Å². The van der Waals surface area contributed by atoms with E-state index in [-0.39, 0.29) is 6.42 Å². The average Bonchev–Trinajstić information content (AvgIpc) is 2.10. The van der Waals surface area contributed by atoms with Crippen LogP contribution in [0.2, 0.25) is 5.02 Å². The number of rotatable bonds is 3. The largest absolute Gasteiger partial charge is 0.481 e. The molecule has 0 unspecified atom stereocenters. The first kappa shape index (κ1) is 10.7. The molecule has 74 valence electrons. The van der Waals surface area contributed by atoms with Crippen molar-refractivity contribution in [2.75, 3.05) is 0 Å². The highest BCUT2D eigenvalue weighted by molar-refractivity contribution is 6.30. The van der Waals surface area contributed by atoms with Crippen LogP contribution in [0.25, 0.3) is 6.08 Å². The zero-order valence-electron chi connectivity index (χ0n) is 7.21. The quantitative estimate of drug-likeness (QED) is 0.840. The van der Waals surface area contributed by atoms with Crippen molar-refractivity contribution in [1.29, 1.82) is 0 Å². The van der Waals surface area contributed by atoms with Crippen molar-refractivity contribution in [3.05, 3.63) is 40.7 Å². The third kappa shape index (κ3) is 3.18. The van der Waals surface area contributed by atoms with Crippen LogP contribution in [-0.2, 0) is 4.79 Å². The first-order valence-corrected chi connectivity index (χ1v) is 4.31. The minimum absolute atomic E-state index is 0.133. The molecule has 1 aromatic rings. The van der Waals surface area contributed by atoms with Gasteiger partial charge in [0.15, 0.2) is 0 Å². The summed E-state index contributed by atoms with van der Waals surface area (Å²) in [5.41, 5.74) is 0.291. The summed E-state index contributed by atoms with van der Waals surface area (Å²) in [4.78, 5) is 10.2. The second-order valence-corrected chi connectivity index (χ2v) is 3.10. The number of carboxylic acids is 1. The first-order valence-electron chi connectivity index (χ1n) is 3.93. The van der Waals surface area contributed by atoms with Gasteiger partial charge >= 0.3 is 5.97 Å². The maximum atomic E-state index is 13.0. The lowest BCUT2D eigenvalue weighted by atomic mass is 10.2. The molecule has 2 nitrogen and oxygen atoms in total. The molecule has 0 aliphatic carbocycles. The highest BCUT2D eigenvalue weighted by atomic mass is 35.5. The van der Waals surface area contributed by atoms with Gasteiger partial charge in [-0.2, -0.15) is 0 Å². The normalized spacial score (nSPS) is 10.7. The van der Waals surface area contributed by atoms with Gasteiger partial charge in [0.25, 0.3) is 0 Å². The highest BCUT2D eigenvalue weighted by Gasteiger charge is 1.99. The summed E-state index contributed by atoms with van der Waals surface area (Å²) in [5.74, 6) is -1.38. The molecule has 0 spiro atoms. The van der Waals surface area contributed by atoms with Gasteiger partial charge in [0, 0.05) is 10.6 Å². The second kappa shape index (κ2) is 4.77. The molecular weight excluding hydrogens is 207 g/mol. The fourth-order valence-electron chi connectivity index (χ4n) is 0.929. The Hall–Kier alpha value is -1.35. The Morgan fingerprint density at radius 3 is 2.93 bits per heavy atom. The molecule has 14 heavy (non-hydrogen) atoms. The smallest absolute Gasteiger partial charge is 0.307 e. The summed E-state index contributed by atoms with van der Waals surface area (Å²) < 4.78 is 13.0. The molecular formula is C10H8ClFO2. The second-order valence-electron chi connectivity index (χ2n) is 2.67. The summed E-state index contributed by atoms with van der Waals surface area (Å²) in [6.45, 7) is 0. The summed E-state index contributed by atoms with van der Waals surface area (Å²) >= 11 is 5.64. The Bertz CT molecular complexity index is 374. The van der Waals surface area contributed by atoms with Crippen LogP contribution in [0.1, 0.15) is 12.0 Å². The third-order valence-electron chi connectivity index (χ3n) is 1.55. The fourth-order valence-corrected chi connectivity index (χ4v) is 1.11. The van der Waals surface area contributed by atoms with Gasteiger partial charge in [-0.1, -0.05) is 23.8 Å². The number of hydrogen-bond donors (Lipinski definition) is 1. The Labute approximate surface area is 85.6 Å². The molecule has 0 saturated carbocycles. The number of halogens is 2. The van der Waals surface area contributed by atoms with Gasteiger partial charge < -0.3 is 5.11 Å². The molecule has 1 aromatic carbocycles. The van der Waals surface area contributed by atoms with Crippen LogP contribution < -0.4 is 0 Å². The van der Waals surface area contributed by atoms with Gasteiger partial charge in [0.1, 0.15) is 5.82 Å². The number of hydrogen-bond acceptors (Lipinski definition) is 1. The predicted molar refractivity (Wildman–Crippen MR) is 52.7 cm³/mol. The lowest BCUT2D eigenvalue weighted by molar-refractivity contribution is -0.135. The zero-order valence-corrected chi connectivity index (χ0v) is 7.96. The van der Waals surface area contributed by atoms with E-state index in [1.807, 2.05) is 0 Å². The summed E-state index contributed by atoms with van der Waals surface area (Å²) in [5, 5.41) is 8.76. The average molecular weight is 215 g/mol. The van der Waals surface area contributed by atoms with Gasteiger partial charge in [0.05, 0.1) is 6.42 Å². The zero-order chi connectivity index (χ0) is 10.6.